The van der Waals surface area contributed by atoms with Gasteiger partial charge >= 0.3 is 5.97 Å². The molecule has 0 fully saturated rings. The van der Waals surface area contributed by atoms with E-state index in [0.717, 1.165) is 22.7 Å². The van der Waals surface area contributed by atoms with Crippen molar-refractivity contribution in [3.05, 3.63) is 17.3 Å². The van der Waals surface area contributed by atoms with E-state index < -0.39 is 5.97 Å². The van der Waals surface area contributed by atoms with Crippen molar-refractivity contribution < 1.29 is 9.90 Å². The third-order valence-electron chi connectivity index (χ3n) is 1.15. The van der Waals surface area contributed by atoms with E-state index in [1.54, 1.807) is 0 Å². The van der Waals surface area contributed by atoms with Gasteiger partial charge < -0.3 is 5.11 Å². The van der Waals surface area contributed by atoms with Crippen LogP contribution in [0.2, 0.25) is 0 Å². The zero-order chi connectivity index (χ0) is 9.68. The zero-order valence-corrected chi connectivity index (χ0v) is 8.56. The molecule has 0 amide bonds. The molecule has 1 aromatic heterocycles. The van der Waals surface area contributed by atoms with Crippen LogP contribution in [0.3, 0.4) is 0 Å². The molecular formula is C7H8N2O2S2. The number of aryl methyl sites for hydroxylation is 1. The fourth-order valence-electron chi connectivity index (χ4n) is 0.580. The van der Waals surface area contributed by atoms with Gasteiger partial charge in [0.2, 0.25) is 0 Å². The molecule has 0 aliphatic heterocycles. The first kappa shape index (κ1) is 10.2. The second-order valence-corrected chi connectivity index (χ2v) is 3.99. The summed E-state index contributed by atoms with van der Waals surface area (Å²) >= 11 is 2.55. The van der Waals surface area contributed by atoms with Gasteiger partial charge in [0.1, 0.15) is 5.82 Å². The lowest BCUT2D eigenvalue weighted by Gasteiger charge is -1.83. The maximum absolute atomic E-state index is 10.1. The molecule has 1 rings (SSSR count). The first-order chi connectivity index (χ1) is 6.22. The maximum Gasteiger partial charge on any atom is 0.328 e. The molecule has 0 aromatic carbocycles. The van der Waals surface area contributed by atoms with E-state index in [1.165, 1.54) is 28.7 Å². The first-order valence-corrected chi connectivity index (χ1v) is 5.26. The number of carbonyl (C=O) groups is 1. The van der Waals surface area contributed by atoms with E-state index in [0.29, 0.717) is 0 Å². The summed E-state index contributed by atoms with van der Waals surface area (Å²) < 4.78 is 4.83. The summed E-state index contributed by atoms with van der Waals surface area (Å²) in [5, 5.41) is 9.80. The van der Waals surface area contributed by atoms with E-state index >= 15 is 0 Å². The fraction of sp³-hybridized carbons (Fsp3) is 0.286. The largest absolute Gasteiger partial charge is 0.478 e. The van der Waals surface area contributed by atoms with E-state index in [2.05, 4.69) is 9.36 Å². The van der Waals surface area contributed by atoms with E-state index in [-0.39, 0.29) is 0 Å². The number of hydrogen-bond donors (Lipinski definition) is 1. The van der Waals surface area contributed by atoms with Crippen molar-refractivity contribution in [1.82, 2.24) is 9.36 Å². The zero-order valence-electron chi connectivity index (χ0n) is 6.93. The molecule has 6 heteroatoms. The van der Waals surface area contributed by atoms with Crippen molar-refractivity contribution in [2.24, 2.45) is 0 Å². The highest BCUT2D eigenvalue weighted by molar-refractivity contribution is 8.03. The molecule has 70 valence electrons. The summed E-state index contributed by atoms with van der Waals surface area (Å²) in [6.07, 6.45) is 1.89. The third kappa shape index (κ3) is 3.56. The second kappa shape index (κ2) is 4.98. The predicted molar refractivity (Wildman–Crippen MR) is 51.9 cm³/mol. The average Bonchev–Trinajstić information content (AvgIpc) is 2.52. The minimum atomic E-state index is -0.951. The van der Waals surface area contributed by atoms with Gasteiger partial charge in [-0.05, 0) is 16.9 Å². The molecule has 0 aliphatic rings. The number of aromatic nitrogens is 2. The molecule has 1 aromatic rings. The Balaban J connectivity index is 2.50. The standard InChI is InChI=1S/C7H8N2O2S2/c1-2-5-8-7(13-9-5)12-4-3-6(10)11/h3-4H,2H2,1H3,(H,10,11). The Hall–Kier alpha value is -0.880. The summed E-state index contributed by atoms with van der Waals surface area (Å²) in [7, 11) is 0. The Morgan fingerprint density at radius 1 is 1.77 bits per heavy atom. The van der Waals surface area contributed by atoms with Gasteiger partial charge in [-0.15, -0.1) is 0 Å². The van der Waals surface area contributed by atoms with Crippen molar-refractivity contribution in [2.75, 3.05) is 0 Å². The fourth-order valence-corrected chi connectivity index (χ4v) is 1.99. The Morgan fingerprint density at radius 2 is 2.54 bits per heavy atom. The van der Waals surface area contributed by atoms with Crippen LogP contribution in [0.5, 0.6) is 0 Å². The van der Waals surface area contributed by atoms with Gasteiger partial charge in [0.15, 0.2) is 4.34 Å². The molecule has 4 nitrogen and oxygen atoms in total. The van der Waals surface area contributed by atoms with Crippen molar-refractivity contribution in [2.45, 2.75) is 17.7 Å². The predicted octanol–water partition coefficient (Wildman–Crippen LogP) is 1.79. The van der Waals surface area contributed by atoms with Crippen LogP contribution in [0.25, 0.3) is 0 Å². The van der Waals surface area contributed by atoms with Gasteiger partial charge in [-0.25, -0.2) is 9.78 Å². The van der Waals surface area contributed by atoms with Crippen LogP contribution in [0.1, 0.15) is 12.7 Å². The normalized spacial score (nSPS) is 10.8. The number of carboxylic acids is 1. The lowest BCUT2D eigenvalue weighted by Crippen LogP contribution is -1.84. The number of hydrogen-bond acceptors (Lipinski definition) is 5. The number of carboxylic acid groups (broad SMARTS) is 1. The van der Waals surface area contributed by atoms with E-state index in [1.807, 2.05) is 6.92 Å². The van der Waals surface area contributed by atoms with Crippen LogP contribution in [-0.2, 0) is 11.2 Å². The average molecular weight is 216 g/mol. The molecular weight excluding hydrogens is 208 g/mol. The van der Waals surface area contributed by atoms with Crippen molar-refractivity contribution >= 4 is 29.3 Å². The lowest BCUT2D eigenvalue weighted by atomic mass is 10.5. The number of thioether (sulfide) groups is 1. The first-order valence-electron chi connectivity index (χ1n) is 3.61. The van der Waals surface area contributed by atoms with Gasteiger partial charge in [0.05, 0.1) is 0 Å². The van der Waals surface area contributed by atoms with Gasteiger partial charge in [0.25, 0.3) is 0 Å². The molecule has 0 saturated heterocycles. The number of nitrogens with zero attached hydrogens (tertiary/aromatic N) is 2. The Labute approximate surface area is 83.9 Å². The van der Waals surface area contributed by atoms with Crippen LogP contribution in [-0.4, -0.2) is 20.4 Å². The maximum atomic E-state index is 10.1. The molecule has 1 heterocycles. The molecule has 0 spiro atoms. The highest BCUT2D eigenvalue weighted by atomic mass is 32.2. The number of aliphatic carboxylic acids is 1. The molecule has 0 unspecified atom stereocenters. The quantitative estimate of drug-likeness (QED) is 0.614. The summed E-state index contributed by atoms with van der Waals surface area (Å²) in [6.45, 7) is 1.98. The Morgan fingerprint density at radius 3 is 3.08 bits per heavy atom. The number of rotatable bonds is 4. The molecule has 13 heavy (non-hydrogen) atoms. The smallest absolute Gasteiger partial charge is 0.328 e. The second-order valence-electron chi connectivity index (χ2n) is 2.09. The third-order valence-corrected chi connectivity index (χ3v) is 2.77. The summed E-state index contributed by atoms with van der Waals surface area (Å²) in [5.41, 5.74) is 0. The summed E-state index contributed by atoms with van der Waals surface area (Å²) in [5.74, 6) is -0.149. The lowest BCUT2D eigenvalue weighted by molar-refractivity contribution is -0.131. The molecule has 0 aliphatic carbocycles. The van der Waals surface area contributed by atoms with Crippen LogP contribution in [0, 0.1) is 0 Å². The van der Waals surface area contributed by atoms with Crippen molar-refractivity contribution in [1.29, 1.82) is 0 Å². The van der Waals surface area contributed by atoms with Gasteiger partial charge in [-0.2, -0.15) is 4.37 Å². The monoisotopic (exact) mass is 216 g/mol. The molecule has 0 radical (unpaired) electrons. The molecule has 0 bridgehead atoms. The van der Waals surface area contributed by atoms with Crippen LogP contribution in [0.15, 0.2) is 15.8 Å². The molecule has 1 N–H and O–H groups in total. The SMILES string of the molecule is CCc1nsc(SC=CC(=O)O)n1. The van der Waals surface area contributed by atoms with Crippen molar-refractivity contribution in [3.8, 4) is 0 Å². The Kier molecular flexibility index (Phi) is 3.91. The van der Waals surface area contributed by atoms with Gasteiger partial charge in [0, 0.05) is 12.5 Å². The summed E-state index contributed by atoms with van der Waals surface area (Å²) in [4.78, 5) is 14.3. The molecule has 0 atom stereocenters. The van der Waals surface area contributed by atoms with Gasteiger partial charge in [-0.3, -0.25) is 0 Å². The highest BCUT2D eigenvalue weighted by Gasteiger charge is 2.00. The van der Waals surface area contributed by atoms with Crippen LogP contribution < -0.4 is 0 Å². The minimum absolute atomic E-state index is 0.773. The van der Waals surface area contributed by atoms with E-state index in [4.69, 9.17) is 5.11 Å². The molecule has 0 saturated carbocycles. The van der Waals surface area contributed by atoms with Crippen LogP contribution >= 0.6 is 23.3 Å². The Bertz CT molecular complexity index is 322. The summed E-state index contributed by atoms with van der Waals surface area (Å²) in [6, 6.07) is 0. The van der Waals surface area contributed by atoms with E-state index in [9.17, 15) is 4.79 Å². The minimum Gasteiger partial charge on any atom is -0.478 e. The topological polar surface area (TPSA) is 63.1 Å². The van der Waals surface area contributed by atoms with Crippen molar-refractivity contribution in [3.63, 3.8) is 0 Å². The highest BCUT2D eigenvalue weighted by Crippen LogP contribution is 2.20. The van der Waals surface area contributed by atoms with Gasteiger partial charge in [-0.1, -0.05) is 18.7 Å². The van der Waals surface area contributed by atoms with Crippen LogP contribution in [0.4, 0.5) is 0 Å².